The third-order valence-corrected chi connectivity index (χ3v) is 2.60. The molecular weight excluding hydrogens is 188 g/mol. The van der Waals surface area contributed by atoms with E-state index in [4.69, 9.17) is 10.5 Å². The van der Waals surface area contributed by atoms with Crippen molar-refractivity contribution >= 4 is 0 Å². The molecule has 4 heteroatoms. The van der Waals surface area contributed by atoms with Crippen molar-refractivity contribution in [3.63, 3.8) is 0 Å². The van der Waals surface area contributed by atoms with Crippen LogP contribution in [0.2, 0.25) is 0 Å². The van der Waals surface area contributed by atoms with Crippen molar-refractivity contribution in [2.45, 2.75) is 18.6 Å². The predicted octanol–water partition coefficient (Wildman–Crippen LogP) is 1.73. The number of halogens is 2. The molecule has 0 aliphatic heterocycles. The quantitative estimate of drug-likeness (QED) is 0.747. The van der Waals surface area contributed by atoms with Crippen molar-refractivity contribution < 1.29 is 13.5 Å². The topological polar surface area (TPSA) is 35.2 Å². The van der Waals surface area contributed by atoms with E-state index in [1.807, 2.05) is 0 Å². The predicted molar refractivity (Wildman–Crippen MR) is 48.5 cm³/mol. The van der Waals surface area contributed by atoms with E-state index in [1.165, 1.54) is 19.2 Å². The molecule has 1 aliphatic rings. The van der Waals surface area contributed by atoms with Crippen LogP contribution in [-0.4, -0.2) is 13.3 Å². The number of alkyl halides is 1. The van der Waals surface area contributed by atoms with E-state index in [0.29, 0.717) is 11.1 Å². The number of hydrogen-bond acceptors (Lipinski definition) is 2. The van der Waals surface area contributed by atoms with Crippen molar-refractivity contribution in [3.05, 3.63) is 29.1 Å². The molecule has 14 heavy (non-hydrogen) atoms. The van der Waals surface area contributed by atoms with Gasteiger partial charge in [-0.3, -0.25) is 0 Å². The standard InChI is InChI=1S/C10H11F2NO/c1-14-10-6-4-8(12)9(13)5(6)2-3-7(10)11/h2-3,8-9H,4,13H2,1H3/t8-,9+/m1/s1. The fourth-order valence-electron chi connectivity index (χ4n) is 1.87. The summed E-state index contributed by atoms with van der Waals surface area (Å²) in [6.45, 7) is 0. The fourth-order valence-corrected chi connectivity index (χ4v) is 1.87. The van der Waals surface area contributed by atoms with Crippen LogP contribution in [0, 0.1) is 5.82 Å². The van der Waals surface area contributed by atoms with E-state index in [2.05, 4.69) is 0 Å². The third-order valence-electron chi connectivity index (χ3n) is 2.60. The Hall–Kier alpha value is -1.16. The molecule has 0 saturated carbocycles. The van der Waals surface area contributed by atoms with Gasteiger partial charge in [0.1, 0.15) is 6.17 Å². The molecule has 0 bridgehead atoms. The highest BCUT2D eigenvalue weighted by Crippen LogP contribution is 2.38. The molecule has 0 aromatic heterocycles. The Morgan fingerprint density at radius 2 is 2.21 bits per heavy atom. The summed E-state index contributed by atoms with van der Waals surface area (Å²) in [5, 5.41) is 0. The highest BCUT2D eigenvalue weighted by Gasteiger charge is 2.32. The van der Waals surface area contributed by atoms with Gasteiger partial charge in [-0.25, -0.2) is 8.78 Å². The minimum absolute atomic E-state index is 0.123. The summed E-state index contributed by atoms with van der Waals surface area (Å²) in [5.41, 5.74) is 6.82. The van der Waals surface area contributed by atoms with E-state index in [-0.39, 0.29) is 12.2 Å². The first-order valence-electron chi connectivity index (χ1n) is 4.40. The van der Waals surface area contributed by atoms with Gasteiger partial charge in [0.25, 0.3) is 0 Å². The van der Waals surface area contributed by atoms with Crippen molar-refractivity contribution in [2.24, 2.45) is 5.73 Å². The lowest BCUT2D eigenvalue weighted by Crippen LogP contribution is -2.17. The summed E-state index contributed by atoms with van der Waals surface area (Å²) in [6.07, 6.45) is -1.00. The van der Waals surface area contributed by atoms with Gasteiger partial charge in [0.05, 0.1) is 13.2 Å². The van der Waals surface area contributed by atoms with Crippen molar-refractivity contribution in [1.82, 2.24) is 0 Å². The van der Waals surface area contributed by atoms with E-state index in [9.17, 15) is 8.78 Å². The van der Waals surface area contributed by atoms with Crippen LogP contribution in [0.25, 0.3) is 0 Å². The lowest BCUT2D eigenvalue weighted by atomic mass is 10.1. The normalized spacial score (nSPS) is 24.9. The minimum atomic E-state index is -1.14. The first-order valence-corrected chi connectivity index (χ1v) is 4.40. The van der Waals surface area contributed by atoms with Crippen LogP contribution in [0.3, 0.4) is 0 Å². The Balaban J connectivity index is 2.56. The number of methoxy groups -OCH3 is 1. The summed E-state index contributed by atoms with van der Waals surface area (Å²) in [6, 6.07) is 2.13. The van der Waals surface area contributed by atoms with E-state index in [0.717, 1.165) is 0 Å². The van der Waals surface area contributed by atoms with Gasteiger partial charge < -0.3 is 10.5 Å². The minimum Gasteiger partial charge on any atom is -0.493 e. The van der Waals surface area contributed by atoms with E-state index in [1.54, 1.807) is 0 Å². The van der Waals surface area contributed by atoms with Crippen molar-refractivity contribution in [3.8, 4) is 5.75 Å². The Bertz CT molecular complexity index is 367. The molecular formula is C10H11F2NO. The molecule has 2 rings (SSSR count). The molecule has 2 atom stereocenters. The Morgan fingerprint density at radius 1 is 1.50 bits per heavy atom. The van der Waals surface area contributed by atoms with E-state index < -0.39 is 18.0 Å². The number of ether oxygens (including phenoxy) is 1. The van der Waals surface area contributed by atoms with Gasteiger partial charge in [-0.15, -0.1) is 0 Å². The number of benzene rings is 1. The smallest absolute Gasteiger partial charge is 0.165 e. The van der Waals surface area contributed by atoms with Crippen LogP contribution >= 0.6 is 0 Å². The summed E-state index contributed by atoms with van der Waals surface area (Å²) in [5.74, 6) is -0.342. The van der Waals surface area contributed by atoms with Gasteiger partial charge in [-0.2, -0.15) is 0 Å². The van der Waals surface area contributed by atoms with E-state index >= 15 is 0 Å². The first kappa shape index (κ1) is 9.40. The second kappa shape index (κ2) is 3.20. The summed E-state index contributed by atoms with van der Waals surface area (Å²) in [4.78, 5) is 0. The van der Waals surface area contributed by atoms with Gasteiger partial charge in [-0.1, -0.05) is 6.07 Å². The molecule has 0 heterocycles. The van der Waals surface area contributed by atoms with Crippen molar-refractivity contribution in [2.75, 3.05) is 7.11 Å². The maximum Gasteiger partial charge on any atom is 0.165 e. The highest BCUT2D eigenvalue weighted by atomic mass is 19.1. The number of fused-ring (bicyclic) bond motifs is 1. The molecule has 0 radical (unpaired) electrons. The lowest BCUT2D eigenvalue weighted by Gasteiger charge is -2.09. The molecule has 1 aromatic carbocycles. The third kappa shape index (κ3) is 1.18. The zero-order chi connectivity index (χ0) is 10.3. The monoisotopic (exact) mass is 199 g/mol. The lowest BCUT2D eigenvalue weighted by molar-refractivity contribution is 0.301. The SMILES string of the molecule is COc1c(F)ccc2c1C[C@@H](F)[C@H]2N. The molecule has 76 valence electrons. The summed E-state index contributed by atoms with van der Waals surface area (Å²) in [7, 11) is 1.37. The largest absolute Gasteiger partial charge is 0.493 e. The molecule has 1 aromatic rings. The zero-order valence-corrected chi connectivity index (χ0v) is 7.76. The van der Waals surface area contributed by atoms with Crippen LogP contribution in [-0.2, 0) is 6.42 Å². The molecule has 0 fully saturated rings. The van der Waals surface area contributed by atoms with Crippen LogP contribution < -0.4 is 10.5 Å². The summed E-state index contributed by atoms with van der Waals surface area (Å²) < 4.78 is 31.4. The van der Waals surface area contributed by atoms with Crippen molar-refractivity contribution in [1.29, 1.82) is 0 Å². The Labute approximate surface area is 80.7 Å². The zero-order valence-electron chi connectivity index (χ0n) is 7.76. The molecule has 2 N–H and O–H groups in total. The molecule has 0 saturated heterocycles. The highest BCUT2D eigenvalue weighted by molar-refractivity contribution is 5.47. The van der Waals surface area contributed by atoms with Gasteiger partial charge >= 0.3 is 0 Å². The number of hydrogen-bond donors (Lipinski definition) is 1. The summed E-state index contributed by atoms with van der Waals surface area (Å²) >= 11 is 0. The molecule has 2 nitrogen and oxygen atoms in total. The van der Waals surface area contributed by atoms with Gasteiger partial charge in [-0.05, 0) is 11.6 Å². The number of nitrogens with two attached hydrogens (primary N) is 1. The fraction of sp³-hybridized carbons (Fsp3) is 0.400. The number of rotatable bonds is 1. The second-order valence-corrected chi connectivity index (χ2v) is 3.39. The molecule has 0 amide bonds. The average Bonchev–Trinajstić information content (AvgIpc) is 2.43. The average molecular weight is 199 g/mol. The Morgan fingerprint density at radius 3 is 2.86 bits per heavy atom. The maximum absolute atomic E-state index is 13.3. The molecule has 0 unspecified atom stereocenters. The second-order valence-electron chi connectivity index (χ2n) is 3.39. The van der Waals surface area contributed by atoms with Crippen LogP contribution in [0.4, 0.5) is 8.78 Å². The first-order chi connectivity index (χ1) is 6.65. The van der Waals surface area contributed by atoms with Crippen LogP contribution in [0.1, 0.15) is 17.2 Å². The van der Waals surface area contributed by atoms with Gasteiger partial charge in [0.15, 0.2) is 11.6 Å². The van der Waals surface area contributed by atoms with Crippen LogP contribution in [0.15, 0.2) is 12.1 Å². The molecule has 1 aliphatic carbocycles. The molecule has 0 spiro atoms. The van der Waals surface area contributed by atoms with Crippen LogP contribution in [0.5, 0.6) is 5.75 Å². The van der Waals surface area contributed by atoms with Gasteiger partial charge in [0.2, 0.25) is 0 Å². The van der Waals surface area contributed by atoms with Gasteiger partial charge in [0, 0.05) is 12.0 Å². The Kier molecular flexibility index (Phi) is 2.15. The maximum atomic E-state index is 13.3.